The molecule has 0 radical (unpaired) electrons. The fourth-order valence-electron chi connectivity index (χ4n) is 4.06. The number of aryl methyl sites for hydroxylation is 1. The number of anilines is 2. The molecule has 4 aromatic rings. The Balaban J connectivity index is 1.50. The van der Waals surface area contributed by atoms with Crippen molar-refractivity contribution in [2.75, 3.05) is 25.1 Å². The van der Waals surface area contributed by atoms with Gasteiger partial charge in [-0.2, -0.15) is 10.2 Å². The minimum atomic E-state index is 0.463. The van der Waals surface area contributed by atoms with Crippen molar-refractivity contribution in [1.29, 1.82) is 5.26 Å². The second-order valence-electron chi connectivity index (χ2n) is 8.63. The van der Waals surface area contributed by atoms with E-state index in [1.807, 2.05) is 54.6 Å². The van der Waals surface area contributed by atoms with Gasteiger partial charge in [0, 0.05) is 18.9 Å². The van der Waals surface area contributed by atoms with Crippen molar-refractivity contribution in [2.24, 2.45) is 5.92 Å². The third kappa shape index (κ3) is 5.00. The quantitative estimate of drug-likeness (QED) is 0.387. The lowest BCUT2D eigenvalue weighted by molar-refractivity contribution is 0.0493. The minimum Gasteiger partial charge on any atom is -0.477 e. The van der Waals surface area contributed by atoms with Crippen LogP contribution in [-0.4, -0.2) is 29.8 Å². The van der Waals surface area contributed by atoms with Crippen molar-refractivity contribution < 1.29 is 9.47 Å². The molecule has 1 fully saturated rings. The summed E-state index contributed by atoms with van der Waals surface area (Å²) >= 11 is 0. The summed E-state index contributed by atoms with van der Waals surface area (Å²) in [5, 5.41) is 13.3. The van der Waals surface area contributed by atoms with Crippen LogP contribution in [0.4, 0.5) is 11.6 Å². The van der Waals surface area contributed by atoms with Crippen LogP contribution in [0.5, 0.6) is 5.88 Å². The molecule has 6 heteroatoms. The van der Waals surface area contributed by atoms with E-state index in [-0.39, 0.29) is 0 Å². The summed E-state index contributed by atoms with van der Waals surface area (Å²) in [6.07, 6.45) is 2.00. The molecule has 6 nitrogen and oxygen atoms in total. The van der Waals surface area contributed by atoms with Crippen LogP contribution in [0, 0.1) is 24.2 Å². The third-order valence-corrected chi connectivity index (χ3v) is 6.11. The van der Waals surface area contributed by atoms with Crippen LogP contribution in [0.25, 0.3) is 22.0 Å². The fraction of sp³-hybridized carbons (Fsp3) is 0.250. The number of rotatable bonds is 6. The van der Waals surface area contributed by atoms with Gasteiger partial charge in [0.05, 0.1) is 29.1 Å². The highest BCUT2D eigenvalue weighted by Gasteiger charge is 2.17. The van der Waals surface area contributed by atoms with Gasteiger partial charge < -0.3 is 14.8 Å². The van der Waals surface area contributed by atoms with E-state index in [1.54, 1.807) is 0 Å². The van der Waals surface area contributed by atoms with Gasteiger partial charge in [0.1, 0.15) is 0 Å². The molecule has 0 aliphatic carbocycles. The first-order valence-corrected chi connectivity index (χ1v) is 11.5. The number of aromatic nitrogens is 2. The van der Waals surface area contributed by atoms with E-state index in [0.29, 0.717) is 29.9 Å². The molecule has 1 N–H and O–H groups in total. The van der Waals surface area contributed by atoms with Gasteiger partial charge in [-0.3, -0.25) is 0 Å². The zero-order valence-corrected chi connectivity index (χ0v) is 19.1. The van der Waals surface area contributed by atoms with Gasteiger partial charge in [-0.25, -0.2) is 4.98 Å². The molecule has 1 saturated heterocycles. The third-order valence-electron chi connectivity index (χ3n) is 6.11. The molecule has 0 spiro atoms. The first-order chi connectivity index (χ1) is 16.7. The average molecular weight is 451 g/mol. The molecule has 1 aliphatic rings. The molecule has 0 bridgehead atoms. The first kappa shape index (κ1) is 21.9. The van der Waals surface area contributed by atoms with Gasteiger partial charge >= 0.3 is 0 Å². The first-order valence-electron chi connectivity index (χ1n) is 11.5. The zero-order chi connectivity index (χ0) is 23.3. The van der Waals surface area contributed by atoms with Crippen LogP contribution < -0.4 is 10.1 Å². The summed E-state index contributed by atoms with van der Waals surface area (Å²) in [6.45, 7) is 4.24. The van der Waals surface area contributed by atoms with E-state index in [1.165, 1.54) is 5.56 Å². The predicted molar refractivity (Wildman–Crippen MR) is 133 cm³/mol. The number of ether oxygens (including phenoxy) is 2. The van der Waals surface area contributed by atoms with Crippen molar-refractivity contribution in [3.63, 3.8) is 0 Å². The summed E-state index contributed by atoms with van der Waals surface area (Å²) in [6, 6.07) is 23.9. The second-order valence-corrected chi connectivity index (χ2v) is 8.63. The summed E-state index contributed by atoms with van der Waals surface area (Å²) in [4.78, 5) is 9.51. The fourth-order valence-corrected chi connectivity index (χ4v) is 4.06. The van der Waals surface area contributed by atoms with E-state index >= 15 is 0 Å². The molecule has 2 heterocycles. The Kier molecular flexibility index (Phi) is 6.37. The summed E-state index contributed by atoms with van der Waals surface area (Å²) in [5.41, 5.74) is 5.60. The highest BCUT2D eigenvalue weighted by Crippen LogP contribution is 2.31. The zero-order valence-electron chi connectivity index (χ0n) is 19.1. The smallest absolute Gasteiger partial charge is 0.231 e. The van der Waals surface area contributed by atoms with Crippen LogP contribution in [0.1, 0.15) is 24.0 Å². The van der Waals surface area contributed by atoms with Crippen molar-refractivity contribution >= 4 is 22.5 Å². The largest absolute Gasteiger partial charge is 0.477 e. The molecule has 34 heavy (non-hydrogen) atoms. The Bertz CT molecular complexity index is 1320. The highest BCUT2D eigenvalue weighted by atomic mass is 16.5. The lowest BCUT2D eigenvalue weighted by Crippen LogP contribution is -2.21. The normalized spacial score (nSPS) is 14.0. The summed E-state index contributed by atoms with van der Waals surface area (Å²) in [5.74, 6) is 1.54. The van der Waals surface area contributed by atoms with Crippen LogP contribution in [0.3, 0.4) is 0 Å². The van der Waals surface area contributed by atoms with Gasteiger partial charge in [-0.1, -0.05) is 35.9 Å². The monoisotopic (exact) mass is 450 g/mol. The molecule has 3 aromatic carbocycles. The number of nitrogens with one attached hydrogen (secondary N) is 1. The van der Waals surface area contributed by atoms with Crippen LogP contribution in [0.15, 0.2) is 66.7 Å². The molecular weight excluding hydrogens is 424 g/mol. The van der Waals surface area contributed by atoms with Crippen molar-refractivity contribution in [3.8, 4) is 23.1 Å². The molecule has 1 aromatic heterocycles. The van der Waals surface area contributed by atoms with E-state index in [4.69, 9.17) is 24.7 Å². The molecule has 1 aliphatic heterocycles. The van der Waals surface area contributed by atoms with E-state index in [0.717, 1.165) is 53.8 Å². The molecule has 5 rings (SSSR count). The number of fused-ring (bicyclic) bond motifs is 1. The Morgan fingerprint density at radius 1 is 0.971 bits per heavy atom. The highest BCUT2D eigenvalue weighted by molar-refractivity contribution is 5.89. The van der Waals surface area contributed by atoms with E-state index < -0.39 is 0 Å². The lowest BCUT2D eigenvalue weighted by atomic mass is 10.0. The van der Waals surface area contributed by atoms with E-state index in [9.17, 15) is 0 Å². The van der Waals surface area contributed by atoms with Gasteiger partial charge in [-0.15, -0.1) is 0 Å². The standard InChI is InChI=1S/C28H26N4O2/c1-19-2-9-24(10-3-19)30-28-31-26-16-23(22-6-4-20(17-29)5-7-22)8-11-25(26)27(32-28)34-18-21-12-14-33-15-13-21/h2-11,16,21H,12-15,18H2,1H3,(H,30,31,32). The summed E-state index contributed by atoms with van der Waals surface area (Å²) in [7, 11) is 0. The Hall–Kier alpha value is -3.95. The van der Waals surface area contributed by atoms with Crippen molar-refractivity contribution in [1.82, 2.24) is 9.97 Å². The van der Waals surface area contributed by atoms with Crippen LogP contribution in [0.2, 0.25) is 0 Å². The number of hydrogen-bond donors (Lipinski definition) is 1. The van der Waals surface area contributed by atoms with E-state index in [2.05, 4.69) is 30.4 Å². The molecular formula is C28H26N4O2. The average Bonchev–Trinajstić information content (AvgIpc) is 2.89. The minimum absolute atomic E-state index is 0.463. The van der Waals surface area contributed by atoms with Crippen molar-refractivity contribution in [2.45, 2.75) is 19.8 Å². The topological polar surface area (TPSA) is 80.1 Å². The second kappa shape index (κ2) is 9.90. The van der Waals surface area contributed by atoms with Gasteiger partial charge in [0.15, 0.2) is 0 Å². The lowest BCUT2D eigenvalue weighted by Gasteiger charge is -2.22. The van der Waals surface area contributed by atoms with Gasteiger partial charge in [-0.05, 0) is 73.2 Å². The molecule has 0 atom stereocenters. The number of nitrogens with zero attached hydrogens (tertiary/aromatic N) is 3. The number of nitriles is 1. The van der Waals surface area contributed by atoms with Crippen molar-refractivity contribution in [3.05, 3.63) is 77.9 Å². The number of benzene rings is 3. The van der Waals surface area contributed by atoms with Gasteiger partial charge in [0.2, 0.25) is 11.8 Å². The van der Waals surface area contributed by atoms with Gasteiger partial charge in [0.25, 0.3) is 0 Å². The molecule has 0 saturated carbocycles. The molecule has 170 valence electrons. The summed E-state index contributed by atoms with van der Waals surface area (Å²) < 4.78 is 11.7. The molecule has 0 unspecified atom stereocenters. The molecule has 0 amide bonds. The Morgan fingerprint density at radius 3 is 2.44 bits per heavy atom. The Labute approximate surface area is 199 Å². The maximum Gasteiger partial charge on any atom is 0.231 e. The number of hydrogen-bond acceptors (Lipinski definition) is 6. The predicted octanol–water partition coefficient (Wildman–Crippen LogP) is 6.03. The Morgan fingerprint density at radius 2 is 1.71 bits per heavy atom. The maximum absolute atomic E-state index is 9.09. The SMILES string of the molecule is Cc1ccc(Nc2nc(OCC3CCOCC3)c3ccc(-c4ccc(C#N)cc4)cc3n2)cc1. The van der Waals surface area contributed by atoms with Crippen LogP contribution >= 0.6 is 0 Å². The maximum atomic E-state index is 9.09. The van der Waals surface area contributed by atoms with Crippen LogP contribution in [-0.2, 0) is 4.74 Å².